The number of amides is 1. The van der Waals surface area contributed by atoms with Gasteiger partial charge < -0.3 is 11.1 Å². The highest BCUT2D eigenvalue weighted by Crippen LogP contribution is 2.20. The zero-order valence-electron chi connectivity index (χ0n) is 10.2. The molecule has 0 aliphatic rings. The maximum atomic E-state index is 11.9. The Balaban J connectivity index is 2.70. The van der Waals surface area contributed by atoms with Crippen LogP contribution in [0.15, 0.2) is 22.7 Å². The molecule has 1 aromatic carbocycles. The zero-order chi connectivity index (χ0) is 13.1. The van der Waals surface area contributed by atoms with E-state index in [0.717, 1.165) is 4.47 Å². The van der Waals surface area contributed by atoms with E-state index in [0.29, 0.717) is 17.8 Å². The van der Waals surface area contributed by atoms with Gasteiger partial charge in [-0.15, -0.1) is 0 Å². The highest BCUT2D eigenvalue weighted by molar-refractivity contribution is 9.10. The Morgan fingerprint density at radius 2 is 2.12 bits per heavy atom. The van der Waals surface area contributed by atoms with Gasteiger partial charge >= 0.3 is 0 Å². The smallest absolute Gasteiger partial charge is 0.251 e. The van der Waals surface area contributed by atoms with E-state index in [1.54, 1.807) is 30.0 Å². The van der Waals surface area contributed by atoms with Gasteiger partial charge in [-0.3, -0.25) is 4.79 Å². The summed E-state index contributed by atoms with van der Waals surface area (Å²) < 4.78 is 0.847. The lowest BCUT2D eigenvalue weighted by Gasteiger charge is -2.22. The average Bonchev–Trinajstić information content (AvgIpc) is 2.24. The highest BCUT2D eigenvalue weighted by atomic mass is 79.9. The molecule has 0 fully saturated rings. The Kier molecular flexibility index (Phi) is 4.89. The van der Waals surface area contributed by atoms with Crippen LogP contribution in [-0.4, -0.2) is 23.5 Å². The first kappa shape index (κ1) is 14.4. The van der Waals surface area contributed by atoms with Crippen LogP contribution in [0.2, 0.25) is 0 Å². The molecule has 0 unspecified atom stereocenters. The van der Waals surface area contributed by atoms with Crippen LogP contribution in [0.3, 0.4) is 0 Å². The van der Waals surface area contributed by atoms with Crippen molar-refractivity contribution in [3.05, 3.63) is 28.2 Å². The van der Waals surface area contributed by atoms with Crippen molar-refractivity contribution < 1.29 is 4.79 Å². The van der Waals surface area contributed by atoms with Crippen LogP contribution in [0.25, 0.3) is 0 Å². The summed E-state index contributed by atoms with van der Waals surface area (Å²) in [6, 6.07) is 5.20. The van der Waals surface area contributed by atoms with Crippen LogP contribution in [0.1, 0.15) is 24.2 Å². The van der Waals surface area contributed by atoms with Gasteiger partial charge in [0, 0.05) is 27.0 Å². The summed E-state index contributed by atoms with van der Waals surface area (Å²) in [5.41, 5.74) is 6.85. The number of nitrogens with two attached hydrogens (primary N) is 1. The molecule has 1 amide bonds. The van der Waals surface area contributed by atoms with Crippen molar-refractivity contribution in [3.63, 3.8) is 0 Å². The molecule has 1 rings (SSSR count). The molecule has 0 saturated heterocycles. The number of benzene rings is 1. The monoisotopic (exact) mass is 316 g/mol. The normalized spacial score (nSPS) is 11.3. The molecule has 0 aliphatic heterocycles. The van der Waals surface area contributed by atoms with E-state index in [4.69, 9.17) is 5.73 Å². The molecule has 0 atom stereocenters. The van der Waals surface area contributed by atoms with Crippen LogP contribution in [-0.2, 0) is 0 Å². The Bertz CT molecular complexity index is 401. The largest absolute Gasteiger partial charge is 0.399 e. The zero-order valence-corrected chi connectivity index (χ0v) is 12.6. The van der Waals surface area contributed by atoms with Gasteiger partial charge in [0.05, 0.1) is 0 Å². The first-order valence-corrected chi connectivity index (χ1v) is 7.25. The molecule has 0 aliphatic carbocycles. The van der Waals surface area contributed by atoms with Gasteiger partial charge in [0.1, 0.15) is 0 Å². The van der Waals surface area contributed by atoms with Gasteiger partial charge in [-0.2, -0.15) is 11.8 Å². The fraction of sp³-hybridized carbons (Fsp3) is 0.417. The van der Waals surface area contributed by atoms with Crippen molar-refractivity contribution in [1.29, 1.82) is 0 Å². The minimum Gasteiger partial charge on any atom is -0.399 e. The predicted molar refractivity (Wildman–Crippen MR) is 78.5 cm³/mol. The van der Waals surface area contributed by atoms with E-state index in [-0.39, 0.29) is 10.7 Å². The maximum Gasteiger partial charge on any atom is 0.251 e. The summed E-state index contributed by atoms with van der Waals surface area (Å²) in [5, 5.41) is 2.91. The Hall–Kier alpha value is -0.680. The summed E-state index contributed by atoms with van der Waals surface area (Å²) in [6.07, 6.45) is 2.03. The van der Waals surface area contributed by atoms with Gasteiger partial charge in [-0.25, -0.2) is 0 Å². The van der Waals surface area contributed by atoms with Gasteiger partial charge in [0.25, 0.3) is 5.91 Å². The summed E-state index contributed by atoms with van der Waals surface area (Å²) in [7, 11) is 0. The SMILES string of the molecule is CSC(C)(C)CNC(=O)c1cc(N)cc(Br)c1. The number of halogens is 1. The minimum absolute atomic E-state index is 0.0349. The highest BCUT2D eigenvalue weighted by Gasteiger charge is 2.17. The second-order valence-electron chi connectivity index (χ2n) is 4.42. The molecule has 0 saturated carbocycles. The third kappa shape index (κ3) is 4.60. The van der Waals surface area contributed by atoms with Crippen molar-refractivity contribution in [2.75, 3.05) is 18.5 Å². The van der Waals surface area contributed by atoms with Crippen LogP contribution in [0.4, 0.5) is 5.69 Å². The number of anilines is 1. The minimum atomic E-state index is -0.0971. The summed E-state index contributed by atoms with van der Waals surface area (Å²) in [4.78, 5) is 11.9. The van der Waals surface area contributed by atoms with Crippen LogP contribution in [0.5, 0.6) is 0 Å². The van der Waals surface area contributed by atoms with Crippen molar-refractivity contribution in [2.24, 2.45) is 0 Å². The van der Waals surface area contributed by atoms with E-state index in [2.05, 4.69) is 35.1 Å². The molecule has 1 aromatic rings. The first-order chi connectivity index (χ1) is 7.84. The van der Waals surface area contributed by atoms with Crippen molar-refractivity contribution in [3.8, 4) is 0 Å². The van der Waals surface area contributed by atoms with Crippen molar-refractivity contribution in [1.82, 2.24) is 5.32 Å². The summed E-state index contributed by atoms with van der Waals surface area (Å²) in [5.74, 6) is -0.0971. The molecule has 0 heterocycles. The lowest BCUT2D eigenvalue weighted by molar-refractivity contribution is 0.0951. The number of hydrogen-bond acceptors (Lipinski definition) is 3. The number of nitrogen functional groups attached to an aromatic ring is 1. The van der Waals surface area contributed by atoms with E-state index in [1.807, 2.05) is 6.26 Å². The molecule has 0 bridgehead atoms. The Morgan fingerprint density at radius 3 is 2.65 bits per heavy atom. The van der Waals surface area contributed by atoms with Gasteiger partial charge in [-0.05, 0) is 38.3 Å². The van der Waals surface area contributed by atoms with E-state index >= 15 is 0 Å². The predicted octanol–water partition coefficient (Wildman–Crippen LogP) is 2.90. The molecular formula is C12H17BrN2OS. The second-order valence-corrected chi connectivity index (χ2v) is 6.85. The molecule has 3 nitrogen and oxygen atoms in total. The van der Waals surface area contributed by atoms with Crippen LogP contribution >= 0.6 is 27.7 Å². The molecule has 5 heteroatoms. The third-order valence-corrected chi connectivity index (χ3v) is 4.12. The number of thioether (sulfide) groups is 1. The van der Waals surface area contributed by atoms with E-state index < -0.39 is 0 Å². The lowest BCUT2D eigenvalue weighted by atomic mass is 10.1. The molecule has 3 N–H and O–H groups in total. The Labute approximate surface area is 115 Å². The quantitative estimate of drug-likeness (QED) is 0.840. The molecule has 94 valence electrons. The summed E-state index contributed by atoms with van der Waals surface area (Å²) in [6.45, 7) is 4.81. The summed E-state index contributed by atoms with van der Waals surface area (Å²) >= 11 is 5.04. The molecule has 0 radical (unpaired) electrons. The first-order valence-electron chi connectivity index (χ1n) is 5.23. The topological polar surface area (TPSA) is 55.1 Å². The molecule has 0 spiro atoms. The lowest BCUT2D eigenvalue weighted by Crippen LogP contribution is -2.36. The second kappa shape index (κ2) is 5.78. The van der Waals surface area contributed by atoms with Crippen molar-refractivity contribution in [2.45, 2.75) is 18.6 Å². The molecule has 17 heavy (non-hydrogen) atoms. The van der Waals surface area contributed by atoms with Crippen molar-refractivity contribution >= 4 is 39.3 Å². The number of nitrogens with one attached hydrogen (secondary N) is 1. The van der Waals surface area contributed by atoms with Gasteiger partial charge in [-0.1, -0.05) is 15.9 Å². The van der Waals surface area contributed by atoms with Crippen LogP contribution < -0.4 is 11.1 Å². The average molecular weight is 317 g/mol. The Morgan fingerprint density at radius 1 is 1.47 bits per heavy atom. The third-order valence-electron chi connectivity index (χ3n) is 2.41. The number of carbonyl (C=O) groups is 1. The van der Waals surface area contributed by atoms with E-state index in [1.165, 1.54) is 0 Å². The fourth-order valence-electron chi connectivity index (χ4n) is 1.21. The van der Waals surface area contributed by atoms with E-state index in [9.17, 15) is 4.79 Å². The standard InChI is InChI=1S/C12H17BrN2OS/c1-12(2,17-3)7-15-11(16)8-4-9(13)6-10(14)5-8/h4-6H,7,14H2,1-3H3,(H,15,16). The number of carbonyl (C=O) groups excluding carboxylic acids is 1. The fourth-order valence-corrected chi connectivity index (χ4v) is 1.94. The molecule has 0 aromatic heterocycles. The molecular weight excluding hydrogens is 300 g/mol. The number of rotatable bonds is 4. The van der Waals surface area contributed by atoms with Gasteiger partial charge in [0.2, 0.25) is 0 Å². The maximum absolute atomic E-state index is 11.9. The van der Waals surface area contributed by atoms with Gasteiger partial charge in [0.15, 0.2) is 0 Å². The number of hydrogen-bond donors (Lipinski definition) is 2. The van der Waals surface area contributed by atoms with Crippen LogP contribution in [0, 0.1) is 0 Å².